The normalized spacial score (nSPS) is 28.4. The first-order valence-corrected chi connectivity index (χ1v) is 13.5. The third-order valence-corrected chi connectivity index (χ3v) is 8.81. The highest BCUT2D eigenvalue weighted by molar-refractivity contribution is 6.23. The Bertz CT molecular complexity index is 1810. The highest BCUT2D eigenvalue weighted by Gasteiger charge is 2.72. The first kappa shape index (κ1) is 23.3. The van der Waals surface area contributed by atoms with Crippen molar-refractivity contribution in [2.24, 2.45) is 22.9 Å². The quantitative estimate of drug-likeness (QED) is 0.368. The number of ether oxygens (including phenoxy) is 1. The standard InChI is InChI=1S/C32H25N3O5/c1-16-8-11-18(12-9-16)34-31(37)23-24(32(34)38)30-27-25(29(23)40-30)26(33-35(27)19-6-4-3-5-7-19)21-15-39-22-13-10-17(2)14-20(22)28(21)36/h3-15,23-25,27,29-30H,1-2H3. The first-order chi connectivity index (χ1) is 19.4. The number of hydrazone groups is 1. The Morgan fingerprint density at radius 2 is 1.45 bits per heavy atom. The molecule has 0 N–H and O–H groups in total. The molecular weight excluding hydrogens is 506 g/mol. The van der Waals surface area contributed by atoms with Crippen LogP contribution in [0, 0.1) is 31.6 Å². The predicted octanol–water partition coefficient (Wildman–Crippen LogP) is 4.21. The molecule has 198 valence electrons. The van der Waals surface area contributed by atoms with Crippen LogP contribution in [-0.2, 0) is 14.3 Å². The van der Waals surface area contributed by atoms with Gasteiger partial charge in [0, 0.05) is 0 Å². The SMILES string of the molecule is Cc1ccc(N2C(=O)C3C4OC(C3C2=O)C2C4C(c3coc4ccc(C)cc4c3=O)=NN2c2ccccc2)cc1. The Kier molecular flexibility index (Phi) is 4.80. The summed E-state index contributed by atoms with van der Waals surface area (Å²) in [6.07, 6.45) is 0.323. The zero-order valence-electron chi connectivity index (χ0n) is 21.9. The summed E-state index contributed by atoms with van der Waals surface area (Å²) in [4.78, 5) is 42.7. The Labute approximate surface area is 229 Å². The van der Waals surface area contributed by atoms with Gasteiger partial charge >= 0.3 is 0 Å². The average Bonchev–Trinajstić information content (AvgIpc) is 3.70. The fraction of sp³-hybridized carbons (Fsp3) is 0.250. The summed E-state index contributed by atoms with van der Waals surface area (Å²) in [5, 5.41) is 7.33. The monoisotopic (exact) mass is 531 g/mol. The second-order valence-electron chi connectivity index (χ2n) is 11.1. The summed E-state index contributed by atoms with van der Waals surface area (Å²) in [5.74, 6) is -2.14. The van der Waals surface area contributed by atoms with Crippen LogP contribution in [0.1, 0.15) is 16.7 Å². The third kappa shape index (κ3) is 3.05. The van der Waals surface area contributed by atoms with Crippen LogP contribution in [0.5, 0.6) is 0 Å². The summed E-state index contributed by atoms with van der Waals surface area (Å²) in [6, 6.07) is 22.2. The molecular formula is C32H25N3O5. The maximum Gasteiger partial charge on any atom is 0.240 e. The van der Waals surface area contributed by atoms with Gasteiger partial charge in [-0.2, -0.15) is 5.10 Å². The lowest BCUT2D eigenvalue weighted by atomic mass is 9.70. The van der Waals surface area contributed by atoms with Crippen molar-refractivity contribution >= 4 is 39.9 Å². The van der Waals surface area contributed by atoms with Crippen LogP contribution in [0.15, 0.2) is 93.4 Å². The number of rotatable bonds is 3. The molecule has 2 bridgehead atoms. The molecule has 5 heterocycles. The van der Waals surface area contributed by atoms with E-state index in [1.807, 2.05) is 73.5 Å². The van der Waals surface area contributed by atoms with Crippen LogP contribution in [0.4, 0.5) is 11.4 Å². The molecule has 3 fully saturated rings. The molecule has 6 atom stereocenters. The average molecular weight is 532 g/mol. The Morgan fingerprint density at radius 3 is 2.20 bits per heavy atom. The van der Waals surface area contributed by atoms with Gasteiger partial charge in [-0.3, -0.25) is 19.4 Å². The second kappa shape index (κ2) is 8.22. The first-order valence-electron chi connectivity index (χ1n) is 13.5. The number of imide groups is 1. The van der Waals surface area contributed by atoms with Crippen LogP contribution >= 0.6 is 0 Å². The van der Waals surface area contributed by atoms with Gasteiger partial charge in [0.1, 0.15) is 11.8 Å². The molecule has 8 heteroatoms. The number of benzene rings is 3. The minimum absolute atomic E-state index is 0.174. The van der Waals surface area contributed by atoms with E-state index in [1.54, 1.807) is 18.2 Å². The van der Waals surface area contributed by atoms with Gasteiger partial charge in [0.15, 0.2) is 0 Å². The highest BCUT2D eigenvalue weighted by atomic mass is 16.5. The van der Waals surface area contributed by atoms with Crippen molar-refractivity contribution in [2.75, 3.05) is 9.91 Å². The van der Waals surface area contributed by atoms with E-state index in [0.29, 0.717) is 27.9 Å². The summed E-state index contributed by atoms with van der Waals surface area (Å²) in [5.41, 5.74) is 4.61. The summed E-state index contributed by atoms with van der Waals surface area (Å²) in [6.45, 7) is 3.89. The maximum atomic E-state index is 13.8. The van der Waals surface area contributed by atoms with E-state index in [0.717, 1.165) is 16.8 Å². The van der Waals surface area contributed by atoms with E-state index >= 15 is 0 Å². The number of hydrogen-bond acceptors (Lipinski definition) is 7. The molecule has 4 aromatic rings. The minimum atomic E-state index is -0.643. The van der Waals surface area contributed by atoms with Crippen LogP contribution in [0.3, 0.4) is 0 Å². The lowest BCUT2D eigenvalue weighted by Crippen LogP contribution is -2.50. The fourth-order valence-corrected chi connectivity index (χ4v) is 7.03. The molecule has 4 aliphatic rings. The molecule has 3 aromatic carbocycles. The van der Waals surface area contributed by atoms with Crippen molar-refractivity contribution in [1.29, 1.82) is 0 Å². The van der Waals surface area contributed by atoms with E-state index in [2.05, 4.69) is 0 Å². The van der Waals surface area contributed by atoms with Gasteiger partial charge in [-0.1, -0.05) is 47.5 Å². The Balaban J connectivity index is 1.26. The van der Waals surface area contributed by atoms with Crippen molar-refractivity contribution < 1.29 is 18.7 Å². The number of anilines is 2. The minimum Gasteiger partial charge on any atom is -0.463 e. The van der Waals surface area contributed by atoms with Crippen LogP contribution in [0.25, 0.3) is 11.0 Å². The van der Waals surface area contributed by atoms with Gasteiger partial charge in [-0.05, 0) is 50.2 Å². The Morgan fingerprint density at radius 1 is 0.750 bits per heavy atom. The molecule has 0 spiro atoms. The number of nitrogens with zero attached hydrogens (tertiary/aromatic N) is 3. The lowest BCUT2D eigenvalue weighted by molar-refractivity contribution is -0.125. The predicted molar refractivity (Wildman–Crippen MR) is 149 cm³/mol. The highest BCUT2D eigenvalue weighted by Crippen LogP contribution is 2.56. The molecule has 0 radical (unpaired) electrons. The summed E-state index contributed by atoms with van der Waals surface area (Å²) in [7, 11) is 0. The van der Waals surface area contributed by atoms with E-state index in [9.17, 15) is 14.4 Å². The number of aryl methyl sites for hydroxylation is 2. The van der Waals surface area contributed by atoms with Crippen molar-refractivity contribution in [2.45, 2.75) is 32.1 Å². The molecule has 3 saturated heterocycles. The van der Waals surface area contributed by atoms with Gasteiger partial charge in [0.25, 0.3) is 0 Å². The van der Waals surface area contributed by atoms with E-state index in [1.165, 1.54) is 11.2 Å². The van der Waals surface area contributed by atoms with Crippen LogP contribution < -0.4 is 15.3 Å². The Hall–Kier alpha value is -4.56. The number of para-hydroxylation sites is 1. The fourth-order valence-electron chi connectivity index (χ4n) is 7.03. The third-order valence-electron chi connectivity index (χ3n) is 8.81. The largest absolute Gasteiger partial charge is 0.463 e. The van der Waals surface area contributed by atoms with Crippen molar-refractivity contribution in [3.63, 3.8) is 0 Å². The topological polar surface area (TPSA) is 92.4 Å². The van der Waals surface area contributed by atoms with Gasteiger partial charge in [-0.25, -0.2) is 4.90 Å². The van der Waals surface area contributed by atoms with E-state index < -0.39 is 24.0 Å². The smallest absolute Gasteiger partial charge is 0.240 e. The van der Waals surface area contributed by atoms with Gasteiger partial charge < -0.3 is 9.15 Å². The molecule has 0 aliphatic carbocycles. The molecule has 40 heavy (non-hydrogen) atoms. The molecule has 8 nitrogen and oxygen atoms in total. The van der Waals surface area contributed by atoms with Gasteiger partial charge in [0.2, 0.25) is 17.2 Å². The lowest BCUT2D eigenvalue weighted by Gasteiger charge is -2.32. The zero-order chi connectivity index (χ0) is 27.3. The molecule has 2 amide bonds. The van der Waals surface area contributed by atoms with Crippen LogP contribution in [-0.4, -0.2) is 35.8 Å². The summed E-state index contributed by atoms with van der Waals surface area (Å²) < 4.78 is 12.4. The number of carbonyl (C=O) groups is 2. The van der Waals surface area contributed by atoms with E-state index in [-0.39, 0.29) is 29.2 Å². The number of fused-ring (bicyclic) bond motifs is 9. The molecule has 8 rings (SSSR count). The van der Waals surface area contributed by atoms with Crippen molar-refractivity contribution in [3.8, 4) is 0 Å². The number of amides is 2. The van der Waals surface area contributed by atoms with Gasteiger partial charge in [-0.15, -0.1) is 0 Å². The van der Waals surface area contributed by atoms with Crippen LogP contribution in [0.2, 0.25) is 0 Å². The van der Waals surface area contributed by atoms with E-state index in [4.69, 9.17) is 14.3 Å². The van der Waals surface area contributed by atoms with Crippen molar-refractivity contribution in [3.05, 3.63) is 106 Å². The van der Waals surface area contributed by atoms with Gasteiger partial charge in [0.05, 0.1) is 64.0 Å². The molecule has 4 aliphatic heterocycles. The number of carbonyl (C=O) groups excluding carboxylic acids is 2. The molecule has 0 saturated carbocycles. The molecule has 6 unspecified atom stereocenters. The second-order valence-corrected chi connectivity index (χ2v) is 11.1. The zero-order valence-corrected chi connectivity index (χ0v) is 21.9. The van der Waals surface area contributed by atoms with Crippen molar-refractivity contribution in [1.82, 2.24) is 0 Å². The summed E-state index contributed by atoms with van der Waals surface area (Å²) >= 11 is 0. The number of hydrogen-bond donors (Lipinski definition) is 0. The maximum absolute atomic E-state index is 13.8. The molecule has 1 aromatic heterocycles.